The summed E-state index contributed by atoms with van der Waals surface area (Å²) in [5.41, 5.74) is 5.13. The van der Waals surface area contributed by atoms with Gasteiger partial charge in [0.25, 0.3) is 5.91 Å². The van der Waals surface area contributed by atoms with Crippen LogP contribution in [-0.4, -0.2) is 32.2 Å². The van der Waals surface area contributed by atoms with Gasteiger partial charge >= 0.3 is 0 Å². The predicted octanol–water partition coefficient (Wildman–Crippen LogP) is 7.56. The normalized spacial score (nSPS) is 11.1. The van der Waals surface area contributed by atoms with Gasteiger partial charge in [0, 0.05) is 30.0 Å². The molecule has 4 aromatic carbocycles. The maximum atomic E-state index is 13.0. The Morgan fingerprint density at radius 3 is 2.05 bits per heavy atom. The van der Waals surface area contributed by atoms with Crippen LogP contribution in [0.2, 0.25) is 0 Å². The lowest BCUT2D eigenvalue weighted by molar-refractivity contribution is 0.0948. The van der Waals surface area contributed by atoms with E-state index < -0.39 is 0 Å². The van der Waals surface area contributed by atoms with Gasteiger partial charge < -0.3 is 5.32 Å². The van der Waals surface area contributed by atoms with Crippen molar-refractivity contribution in [2.24, 2.45) is 0 Å². The smallest absolute Gasteiger partial charge is 0.270 e. The maximum absolute atomic E-state index is 13.0. The molecule has 0 bridgehead atoms. The summed E-state index contributed by atoms with van der Waals surface area (Å²) in [7, 11) is 0. The molecule has 0 aliphatic heterocycles. The van der Waals surface area contributed by atoms with Gasteiger partial charge in [0.05, 0.1) is 5.75 Å². The Hall–Kier alpha value is -4.53. The lowest BCUT2D eigenvalue weighted by atomic mass is 9.88. The number of amides is 1. The molecule has 0 unspecified atom stereocenters. The van der Waals surface area contributed by atoms with Crippen molar-refractivity contribution in [3.05, 3.63) is 160 Å². The molecule has 0 radical (unpaired) electrons. The molecule has 0 aliphatic carbocycles. The molecule has 6 nitrogen and oxygen atoms in total. The first-order valence-electron chi connectivity index (χ1n) is 14.2. The van der Waals surface area contributed by atoms with Crippen molar-refractivity contribution in [3.8, 4) is 5.69 Å². The lowest BCUT2D eigenvalue weighted by Gasteiger charge is -2.18. The number of thioether (sulfide) groups is 1. The number of aromatic nitrogens is 4. The first-order valence-corrected chi connectivity index (χ1v) is 16.1. The Bertz CT molecular complexity index is 1700. The minimum Gasteiger partial charge on any atom is -0.351 e. The number of benzene rings is 4. The van der Waals surface area contributed by atoms with Crippen LogP contribution in [0.25, 0.3) is 5.69 Å². The zero-order valence-corrected chi connectivity index (χ0v) is 25.2. The van der Waals surface area contributed by atoms with Gasteiger partial charge in [0.1, 0.15) is 16.5 Å². The van der Waals surface area contributed by atoms with E-state index in [1.165, 1.54) is 28.0 Å². The van der Waals surface area contributed by atoms with E-state index >= 15 is 0 Å². The van der Waals surface area contributed by atoms with Crippen molar-refractivity contribution in [1.82, 2.24) is 25.1 Å². The zero-order valence-electron chi connectivity index (χ0n) is 23.5. The zero-order chi connectivity index (χ0) is 29.3. The molecule has 214 valence electrons. The molecule has 2 aromatic heterocycles. The molecule has 2 heterocycles. The molecule has 6 rings (SSSR count). The fourth-order valence-electron chi connectivity index (χ4n) is 5.05. The van der Waals surface area contributed by atoms with Gasteiger partial charge in [-0.05, 0) is 35.2 Å². The topological polar surface area (TPSA) is 72.7 Å². The first kappa shape index (κ1) is 28.6. The fourth-order valence-corrected chi connectivity index (χ4v) is 6.81. The van der Waals surface area contributed by atoms with E-state index in [0.29, 0.717) is 24.4 Å². The summed E-state index contributed by atoms with van der Waals surface area (Å²) in [5.74, 6) is 1.53. The SMILES string of the molecule is O=C(NCCC(c1ccccc1)c1ccccc1)c1csc(CSc2nnc(Cc3ccccc3)n2-c2ccccc2)n1. The average molecular weight is 602 g/mol. The Morgan fingerprint density at radius 2 is 1.40 bits per heavy atom. The summed E-state index contributed by atoms with van der Waals surface area (Å²) in [6.07, 6.45) is 1.48. The highest BCUT2D eigenvalue weighted by Crippen LogP contribution is 2.29. The van der Waals surface area contributed by atoms with Gasteiger partial charge in [-0.1, -0.05) is 121 Å². The third-order valence-corrected chi connectivity index (χ3v) is 9.12. The van der Waals surface area contributed by atoms with Crippen LogP contribution in [0.4, 0.5) is 0 Å². The number of hydrogen-bond donors (Lipinski definition) is 1. The quantitative estimate of drug-likeness (QED) is 0.147. The number of carbonyl (C=O) groups is 1. The van der Waals surface area contributed by atoms with E-state index in [9.17, 15) is 4.79 Å². The van der Waals surface area contributed by atoms with E-state index in [4.69, 9.17) is 0 Å². The highest BCUT2D eigenvalue weighted by molar-refractivity contribution is 7.98. The number of thiazole rings is 1. The molecule has 0 atom stereocenters. The lowest BCUT2D eigenvalue weighted by Crippen LogP contribution is -2.26. The Balaban J connectivity index is 1.09. The minimum absolute atomic E-state index is 0.148. The monoisotopic (exact) mass is 601 g/mol. The molecule has 0 aliphatic rings. The van der Waals surface area contributed by atoms with Crippen LogP contribution in [0.15, 0.2) is 132 Å². The second kappa shape index (κ2) is 14.1. The van der Waals surface area contributed by atoms with Crippen LogP contribution in [-0.2, 0) is 12.2 Å². The molecule has 0 saturated heterocycles. The van der Waals surface area contributed by atoms with Gasteiger partial charge in [-0.15, -0.1) is 21.5 Å². The largest absolute Gasteiger partial charge is 0.351 e. The molecule has 1 N–H and O–H groups in total. The van der Waals surface area contributed by atoms with Crippen molar-refractivity contribution < 1.29 is 4.79 Å². The van der Waals surface area contributed by atoms with Crippen molar-refractivity contribution in [2.75, 3.05) is 6.54 Å². The molecular weight excluding hydrogens is 571 g/mol. The summed E-state index contributed by atoms with van der Waals surface area (Å²) in [4.78, 5) is 17.6. The molecule has 6 aromatic rings. The van der Waals surface area contributed by atoms with Crippen LogP contribution >= 0.6 is 23.1 Å². The first-order chi connectivity index (χ1) is 21.2. The standard InChI is InChI=1S/C35H31N5OS2/c41-34(36-22-21-30(27-15-7-2-8-16-27)28-17-9-3-10-18-28)31-24-42-33(37-31)25-43-35-39-38-32(23-26-13-5-1-6-14-26)40(35)29-19-11-4-12-20-29/h1-20,24,30H,21-23,25H2,(H,36,41). The van der Waals surface area contributed by atoms with Crippen molar-refractivity contribution in [1.29, 1.82) is 0 Å². The fraction of sp³-hybridized carbons (Fsp3) is 0.143. The third kappa shape index (κ3) is 7.28. The summed E-state index contributed by atoms with van der Waals surface area (Å²) in [6, 6.07) is 41.3. The molecule has 43 heavy (non-hydrogen) atoms. The summed E-state index contributed by atoms with van der Waals surface area (Å²) >= 11 is 3.07. The number of para-hydroxylation sites is 1. The molecule has 0 saturated carbocycles. The summed E-state index contributed by atoms with van der Waals surface area (Å²) < 4.78 is 2.11. The Labute approximate surface area is 259 Å². The summed E-state index contributed by atoms with van der Waals surface area (Å²) in [6.45, 7) is 0.555. The van der Waals surface area contributed by atoms with Crippen LogP contribution in [0, 0.1) is 0 Å². The van der Waals surface area contributed by atoms with Crippen molar-refractivity contribution >= 4 is 29.0 Å². The van der Waals surface area contributed by atoms with Crippen molar-refractivity contribution in [2.45, 2.75) is 29.7 Å². The molecule has 0 spiro atoms. The number of carbonyl (C=O) groups excluding carboxylic acids is 1. The highest BCUT2D eigenvalue weighted by atomic mass is 32.2. The second-order valence-electron chi connectivity index (χ2n) is 10.1. The number of nitrogens with one attached hydrogen (secondary N) is 1. The number of rotatable bonds is 12. The van der Waals surface area contributed by atoms with Gasteiger partial charge in [-0.2, -0.15) is 0 Å². The van der Waals surface area contributed by atoms with E-state index in [0.717, 1.165) is 28.1 Å². The van der Waals surface area contributed by atoms with Gasteiger partial charge in [-0.25, -0.2) is 4.98 Å². The second-order valence-corrected chi connectivity index (χ2v) is 12.0. The van der Waals surface area contributed by atoms with E-state index in [1.807, 2.05) is 53.9 Å². The molecule has 8 heteroatoms. The maximum Gasteiger partial charge on any atom is 0.270 e. The van der Waals surface area contributed by atoms with E-state index in [1.54, 1.807) is 11.8 Å². The molecular formula is C35H31N5OS2. The van der Waals surface area contributed by atoms with Crippen LogP contribution in [0.1, 0.15) is 50.3 Å². The van der Waals surface area contributed by atoms with Crippen LogP contribution in [0.5, 0.6) is 0 Å². The van der Waals surface area contributed by atoms with E-state index in [2.05, 4.69) is 97.9 Å². The van der Waals surface area contributed by atoms with Crippen LogP contribution < -0.4 is 5.32 Å². The number of nitrogens with zero attached hydrogens (tertiary/aromatic N) is 4. The minimum atomic E-state index is -0.148. The Kier molecular flexibility index (Phi) is 9.37. The predicted molar refractivity (Wildman–Crippen MR) is 174 cm³/mol. The average Bonchev–Trinajstić information content (AvgIpc) is 3.71. The molecule has 1 amide bonds. The highest BCUT2D eigenvalue weighted by Gasteiger charge is 2.18. The van der Waals surface area contributed by atoms with Gasteiger partial charge in [0.15, 0.2) is 5.16 Å². The Morgan fingerprint density at radius 1 is 0.791 bits per heavy atom. The van der Waals surface area contributed by atoms with E-state index in [-0.39, 0.29) is 11.8 Å². The van der Waals surface area contributed by atoms with Crippen molar-refractivity contribution in [3.63, 3.8) is 0 Å². The number of hydrogen-bond acceptors (Lipinski definition) is 6. The van der Waals surface area contributed by atoms with Crippen LogP contribution in [0.3, 0.4) is 0 Å². The van der Waals surface area contributed by atoms with Gasteiger partial charge in [-0.3, -0.25) is 9.36 Å². The van der Waals surface area contributed by atoms with Gasteiger partial charge in [0.2, 0.25) is 0 Å². The molecule has 0 fully saturated rings. The summed E-state index contributed by atoms with van der Waals surface area (Å²) in [5, 5.41) is 15.6. The third-order valence-electron chi connectivity index (χ3n) is 7.15.